The first-order valence-corrected chi connectivity index (χ1v) is 13.1. The normalized spacial score (nSPS) is 18.7. The molecule has 0 saturated carbocycles. The average Bonchev–Trinajstić information content (AvgIpc) is 3.53. The molecule has 0 spiro atoms. The molecule has 5 rings (SSSR count). The Morgan fingerprint density at radius 1 is 1.30 bits per heavy atom. The first kappa shape index (κ1) is 22.1. The summed E-state index contributed by atoms with van der Waals surface area (Å²) in [6.45, 7) is 4.35. The van der Waals surface area contributed by atoms with Gasteiger partial charge in [0, 0.05) is 30.5 Å². The molecule has 3 aromatic rings. The number of anilines is 1. The quantitative estimate of drug-likeness (QED) is 0.585. The topological polar surface area (TPSA) is 115 Å². The SMILES string of the molecule is Cc1noc(C)c1S(=O)(=O)N1CCCC(C(=O)Nc2nc(-c3ccc4c(c3)CCO4)cs2)C1. The van der Waals surface area contributed by atoms with Crippen molar-refractivity contribution >= 4 is 32.4 Å². The number of aryl methyl sites for hydroxylation is 2. The Balaban J connectivity index is 1.28. The van der Waals surface area contributed by atoms with Crippen molar-refractivity contribution < 1.29 is 22.5 Å². The second kappa shape index (κ2) is 8.54. The fraction of sp³-hybridized carbons (Fsp3) is 0.409. The number of carbonyl (C=O) groups is 1. The highest BCUT2D eigenvalue weighted by Crippen LogP contribution is 2.33. The number of nitrogens with zero attached hydrogens (tertiary/aromatic N) is 3. The number of amides is 1. The van der Waals surface area contributed by atoms with Gasteiger partial charge in [0.1, 0.15) is 16.3 Å². The van der Waals surface area contributed by atoms with E-state index >= 15 is 0 Å². The van der Waals surface area contributed by atoms with Crippen LogP contribution in [0.5, 0.6) is 5.75 Å². The van der Waals surface area contributed by atoms with E-state index in [4.69, 9.17) is 9.26 Å². The van der Waals surface area contributed by atoms with E-state index < -0.39 is 15.9 Å². The predicted octanol–water partition coefficient (Wildman–Crippen LogP) is 3.39. The van der Waals surface area contributed by atoms with Gasteiger partial charge in [-0.1, -0.05) is 5.16 Å². The molecule has 0 radical (unpaired) electrons. The van der Waals surface area contributed by atoms with Gasteiger partial charge in [-0.25, -0.2) is 13.4 Å². The van der Waals surface area contributed by atoms with E-state index in [1.54, 1.807) is 13.8 Å². The van der Waals surface area contributed by atoms with Crippen LogP contribution >= 0.6 is 11.3 Å². The van der Waals surface area contributed by atoms with Crippen molar-refractivity contribution in [3.8, 4) is 17.0 Å². The zero-order valence-corrected chi connectivity index (χ0v) is 20.0. The van der Waals surface area contributed by atoms with E-state index in [1.807, 2.05) is 17.5 Å². The van der Waals surface area contributed by atoms with Crippen LogP contribution in [0.1, 0.15) is 29.9 Å². The van der Waals surface area contributed by atoms with Crippen LogP contribution in [0.15, 0.2) is 33.0 Å². The van der Waals surface area contributed by atoms with Crippen LogP contribution in [0, 0.1) is 19.8 Å². The summed E-state index contributed by atoms with van der Waals surface area (Å²) >= 11 is 1.35. The van der Waals surface area contributed by atoms with E-state index in [0.29, 0.717) is 36.8 Å². The Hall–Kier alpha value is -2.76. The van der Waals surface area contributed by atoms with Crippen molar-refractivity contribution in [2.75, 3.05) is 25.0 Å². The van der Waals surface area contributed by atoms with E-state index in [9.17, 15) is 13.2 Å². The lowest BCUT2D eigenvalue weighted by Crippen LogP contribution is -2.43. The maximum Gasteiger partial charge on any atom is 0.248 e. The molecular formula is C22H24N4O5S2. The lowest BCUT2D eigenvalue weighted by atomic mass is 9.99. The second-order valence-corrected chi connectivity index (χ2v) is 11.0. The summed E-state index contributed by atoms with van der Waals surface area (Å²) in [5, 5.41) is 9.04. The molecule has 1 atom stereocenters. The number of benzene rings is 1. The standard InChI is InChI=1S/C22H24N4O5S2/c1-13-20(14(2)31-25-13)33(28,29)26-8-3-4-17(11-26)21(27)24-22-23-18(12-32-22)15-5-6-19-16(10-15)7-9-30-19/h5-6,10,12,17H,3-4,7-9,11H2,1-2H3,(H,23,24,27). The molecule has 174 valence electrons. The molecule has 0 aliphatic carbocycles. The minimum Gasteiger partial charge on any atom is -0.493 e. The Morgan fingerprint density at radius 2 is 2.15 bits per heavy atom. The van der Waals surface area contributed by atoms with E-state index in [-0.39, 0.29) is 23.1 Å². The van der Waals surface area contributed by atoms with Crippen LogP contribution in [-0.2, 0) is 21.2 Å². The highest BCUT2D eigenvalue weighted by atomic mass is 32.2. The van der Waals surface area contributed by atoms with Crippen LogP contribution in [0.25, 0.3) is 11.3 Å². The summed E-state index contributed by atoms with van der Waals surface area (Å²) in [4.78, 5) is 17.6. The van der Waals surface area contributed by atoms with Crippen molar-refractivity contribution in [1.82, 2.24) is 14.4 Å². The molecule has 2 aliphatic heterocycles. The summed E-state index contributed by atoms with van der Waals surface area (Å²) in [7, 11) is -3.78. The highest BCUT2D eigenvalue weighted by Gasteiger charge is 2.36. The van der Waals surface area contributed by atoms with Gasteiger partial charge in [0.15, 0.2) is 10.9 Å². The number of fused-ring (bicyclic) bond motifs is 1. The van der Waals surface area contributed by atoms with Gasteiger partial charge < -0.3 is 14.6 Å². The van der Waals surface area contributed by atoms with Crippen LogP contribution < -0.4 is 10.1 Å². The molecule has 1 N–H and O–H groups in total. The summed E-state index contributed by atoms with van der Waals surface area (Å²) in [5.41, 5.74) is 3.25. The zero-order chi connectivity index (χ0) is 23.2. The fourth-order valence-electron chi connectivity index (χ4n) is 4.36. The average molecular weight is 489 g/mol. The third-order valence-corrected chi connectivity index (χ3v) is 8.91. The predicted molar refractivity (Wildman–Crippen MR) is 123 cm³/mol. The number of ether oxygens (including phenoxy) is 1. The molecule has 1 saturated heterocycles. The monoisotopic (exact) mass is 488 g/mol. The number of rotatable bonds is 5. The van der Waals surface area contributed by atoms with Crippen LogP contribution in [0.2, 0.25) is 0 Å². The van der Waals surface area contributed by atoms with Crippen molar-refractivity contribution in [3.63, 3.8) is 0 Å². The molecule has 1 unspecified atom stereocenters. The number of nitrogens with one attached hydrogen (secondary N) is 1. The van der Waals surface area contributed by atoms with E-state index in [2.05, 4.69) is 21.5 Å². The van der Waals surface area contributed by atoms with Crippen molar-refractivity contribution in [2.24, 2.45) is 5.92 Å². The van der Waals surface area contributed by atoms with Gasteiger partial charge in [-0.3, -0.25) is 4.79 Å². The van der Waals surface area contributed by atoms with Gasteiger partial charge in [0.2, 0.25) is 15.9 Å². The first-order chi connectivity index (χ1) is 15.8. The van der Waals surface area contributed by atoms with Gasteiger partial charge in [0.25, 0.3) is 0 Å². The lowest BCUT2D eigenvalue weighted by Gasteiger charge is -2.30. The molecule has 1 aromatic carbocycles. The number of piperidine rings is 1. The van der Waals surface area contributed by atoms with E-state index in [1.165, 1.54) is 15.6 Å². The van der Waals surface area contributed by atoms with Crippen LogP contribution in [-0.4, -0.2) is 48.5 Å². The molecule has 1 fully saturated rings. The molecule has 9 nitrogen and oxygen atoms in total. The Morgan fingerprint density at radius 3 is 2.94 bits per heavy atom. The minimum atomic E-state index is -3.78. The number of carbonyl (C=O) groups excluding carboxylic acids is 1. The molecule has 4 heterocycles. The Bertz CT molecular complexity index is 1290. The van der Waals surface area contributed by atoms with Crippen LogP contribution in [0.3, 0.4) is 0 Å². The molecular weight excluding hydrogens is 464 g/mol. The summed E-state index contributed by atoms with van der Waals surface area (Å²) in [5.74, 6) is 0.485. The Kier molecular flexibility index (Phi) is 5.71. The molecule has 11 heteroatoms. The zero-order valence-electron chi connectivity index (χ0n) is 18.3. The van der Waals surface area contributed by atoms with Gasteiger partial charge >= 0.3 is 0 Å². The van der Waals surface area contributed by atoms with Crippen molar-refractivity contribution in [3.05, 3.63) is 40.6 Å². The first-order valence-electron chi connectivity index (χ1n) is 10.8. The van der Waals surface area contributed by atoms with E-state index in [0.717, 1.165) is 29.0 Å². The van der Waals surface area contributed by atoms with Gasteiger partial charge in [-0.05, 0) is 50.5 Å². The van der Waals surface area contributed by atoms with Gasteiger partial charge in [-0.15, -0.1) is 11.3 Å². The third kappa shape index (κ3) is 4.16. The molecule has 2 aromatic heterocycles. The van der Waals surface area contributed by atoms with Crippen molar-refractivity contribution in [2.45, 2.75) is 38.0 Å². The minimum absolute atomic E-state index is 0.0906. The number of hydrogen-bond donors (Lipinski definition) is 1. The maximum absolute atomic E-state index is 13.1. The number of sulfonamides is 1. The van der Waals surface area contributed by atoms with Crippen LogP contribution in [0.4, 0.5) is 5.13 Å². The number of thiazole rings is 1. The third-order valence-electron chi connectivity index (χ3n) is 6.04. The smallest absolute Gasteiger partial charge is 0.248 e. The molecule has 33 heavy (non-hydrogen) atoms. The fourth-order valence-corrected chi connectivity index (χ4v) is 6.90. The van der Waals surface area contributed by atoms with Crippen molar-refractivity contribution in [1.29, 1.82) is 0 Å². The largest absolute Gasteiger partial charge is 0.493 e. The summed E-state index contributed by atoms with van der Waals surface area (Å²) in [6, 6.07) is 5.98. The van der Waals surface area contributed by atoms with Gasteiger partial charge in [0.05, 0.1) is 18.2 Å². The number of hydrogen-bond acceptors (Lipinski definition) is 8. The van der Waals surface area contributed by atoms with Gasteiger partial charge in [-0.2, -0.15) is 4.31 Å². The highest BCUT2D eigenvalue weighted by molar-refractivity contribution is 7.89. The Labute approximate surface area is 195 Å². The maximum atomic E-state index is 13.1. The molecule has 1 amide bonds. The number of aromatic nitrogens is 2. The summed E-state index contributed by atoms with van der Waals surface area (Å²) < 4.78 is 38.2. The molecule has 0 bridgehead atoms. The molecule has 2 aliphatic rings. The lowest BCUT2D eigenvalue weighted by molar-refractivity contribution is -0.120. The second-order valence-electron chi connectivity index (χ2n) is 8.30. The summed E-state index contributed by atoms with van der Waals surface area (Å²) in [6.07, 6.45) is 2.09.